The highest BCUT2D eigenvalue weighted by molar-refractivity contribution is 7.89. The molecule has 0 saturated carbocycles. The molecule has 1 rings (SSSR count). The van der Waals surface area contributed by atoms with Gasteiger partial charge in [0, 0.05) is 13.1 Å². The molecule has 0 heterocycles. The van der Waals surface area contributed by atoms with E-state index in [-0.39, 0.29) is 22.3 Å². The molecule has 0 aromatic heterocycles. The number of nitrogens with zero attached hydrogens (tertiary/aromatic N) is 1. The molecule has 5 nitrogen and oxygen atoms in total. The molecular weight excluding hydrogens is 290 g/mol. The number of carboxylic acids is 1. The van der Waals surface area contributed by atoms with E-state index in [1.165, 1.54) is 22.5 Å². The molecular formula is C15H23NO4S. The van der Waals surface area contributed by atoms with E-state index in [0.717, 1.165) is 0 Å². The van der Waals surface area contributed by atoms with E-state index in [1.54, 1.807) is 6.07 Å². The zero-order chi connectivity index (χ0) is 16.2. The third kappa shape index (κ3) is 4.54. The van der Waals surface area contributed by atoms with Gasteiger partial charge in [0.2, 0.25) is 10.0 Å². The smallest absolute Gasteiger partial charge is 0.337 e. The van der Waals surface area contributed by atoms with Crippen molar-refractivity contribution in [3.63, 3.8) is 0 Å². The zero-order valence-electron chi connectivity index (χ0n) is 12.9. The number of carboxylic acid groups (broad SMARTS) is 1. The Morgan fingerprint density at radius 2 is 1.57 bits per heavy atom. The average molecular weight is 313 g/mol. The van der Waals surface area contributed by atoms with Crippen molar-refractivity contribution in [2.75, 3.05) is 13.1 Å². The second kappa shape index (κ2) is 7.04. The number of sulfonamides is 1. The van der Waals surface area contributed by atoms with Crippen LogP contribution in [-0.4, -0.2) is 36.9 Å². The summed E-state index contributed by atoms with van der Waals surface area (Å²) in [6.07, 6.45) is 0. The number of hydrogen-bond acceptors (Lipinski definition) is 3. The van der Waals surface area contributed by atoms with Crippen LogP contribution >= 0.6 is 0 Å². The highest BCUT2D eigenvalue weighted by atomic mass is 32.2. The molecule has 0 spiro atoms. The summed E-state index contributed by atoms with van der Waals surface area (Å²) in [5.41, 5.74) is -0.185. The topological polar surface area (TPSA) is 74.7 Å². The minimum absolute atomic E-state index is 0.140. The molecule has 0 fully saturated rings. The molecule has 118 valence electrons. The summed E-state index contributed by atoms with van der Waals surface area (Å²) in [6, 6.07) is 5.74. The average Bonchev–Trinajstić information content (AvgIpc) is 2.36. The van der Waals surface area contributed by atoms with Crippen LogP contribution < -0.4 is 0 Å². The number of hydrogen-bond donors (Lipinski definition) is 1. The summed E-state index contributed by atoms with van der Waals surface area (Å²) in [6.45, 7) is 8.48. The lowest BCUT2D eigenvalue weighted by molar-refractivity contribution is 0.0692. The van der Waals surface area contributed by atoms with Gasteiger partial charge in [-0.05, 0) is 24.0 Å². The van der Waals surface area contributed by atoms with E-state index in [0.29, 0.717) is 13.1 Å². The molecule has 0 radical (unpaired) electrons. The Labute approximate surface area is 126 Å². The first kappa shape index (κ1) is 17.7. The van der Waals surface area contributed by atoms with E-state index in [9.17, 15) is 18.3 Å². The van der Waals surface area contributed by atoms with Gasteiger partial charge in [-0.1, -0.05) is 39.8 Å². The molecule has 0 unspecified atom stereocenters. The maximum atomic E-state index is 12.8. The van der Waals surface area contributed by atoms with E-state index in [1.807, 2.05) is 27.7 Å². The fourth-order valence-corrected chi connectivity index (χ4v) is 4.04. The van der Waals surface area contributed by atoms with Crippen LogP contribution in [0, 0.1) is 11.8 Å². The van der Waals surface area contributed by atoms with Gasteiger partial charge in [-0.2, -0.15) is 4.31 Å². The van der Waals surface area contributed by atoms with Gasteiger partial charge in [-0.3, -0.25) is 0 Å². The van der Waals surface area contributed by atoms with Crippen molar-refractivity contribution in [2.24, 2.45) is 11.8 Å². The minimum Gasteiger partial charge on any atom is -0.478 e. The minimum atomic E-state index is -3.81. The lowest BCUT2D eigenvalue weighted by Crippen LogP contribution is -2.37. The molecule has 1 N–H and O–H groups in total. The van der Waals surface area contributed by atoms with Crippen molar-refractivity contribution in [3.05, 3.63) is 29.8 Å². The number of carbonyl (C=O) groups is 1. The van der Waals surface area contributed by atoms with Crippen LogP contribution in [-0.2, 0) is 10.0 Å². The standard InChI is InChI=1S/C15H23NO4S/c1-11(2)9-16(10-12(3)4)21(19,20)14-8-6-5-7-13(14)15(17)18/h5-8,11-12H,9-10H2,1-4H3,(H,17,18). The second-order valence-electron chi connectivity index (χ2n) is 5.91. The van der Waals surface area contributed by atoms with E-state index >= 15 is 0 Å². The van der Waals surface area contributed by atoms with Gasteiger partial charge >= 0.3 is 5.97 Å². The van der Waals surface area contributed by atoms with Crippen LogP contribution in [0.1, 0.15) is 38.1 Å². The normalized spacial score (nSPS) is 12.3. The van der Waals surface area contributed by atoms with Crippen LogP contribution in [0.25, 0.3) is 0 Å². The first-order valence-corrected chi connectivity index (χ1v) is 8.42. The second-order valence-corrected chi connectivity index (χ2v) is 7.82. The fourth-order valence-electron chi connectivity index (χ4n) is 2.09. The summed E-state index contributed by atoms with van der Waals surface area (Å²) in [4.78, 5) is 11.1. The van der Waals surface area contributed by atoms with Crippen molar-refractivity contribution in [3.8, 4) is 0 Å². The van der Waals surface area contributed by atoms with E-state index in [4.69, 9.17) is 0 Å². The quantitative estimate of drug-likeness (QED) is 0.840. The van der Waals surface area contributed by atoms with Gasteiger partial charge in [-0.15, -0.1) is 0 Å². The summed E-state index contributed by atoms with van der Waals surface area (Å²) in [7, 11) is -3.81. The van der Waals surface area contributed by atoms with E-state index in [2.05, 4.69) is 0 Å². The molecule has 0 bridgehead atoms. The van der Waals surface area contributed by atoms with Crippen molar-refractivity contribution >= 4 is 16.0 Å². The van der Waals surface area contributed by atoms with Gasteiger partial charge in [0.1, 0.15) is 0 Å². The Morgan fingerprint density at radius 1 is 1.10 bits per heavy atom. The predicted octanol–water partition coefficient (Wildman–Crippen LogP) is 2.69. The van der Waals surface area contributed by atoms with Crippen molar-refractivity contribution in [1.29, 1.82) is 0 Å². The van der Waals surface area contributed by atoms with Crippen LogP contribution in [0.4, 0.5) is 0 Å². The molecule has 0 aliphatic carbocycles. The van der Waals surface area contributed by atoms with Crippen LogP contribution in [0.5, 0.6) is 0 Å². The third-order valence-electron chi connectivity index (χ3n) is 2.87. The zero-order valence-corrected chi connectivity index (χ0v) is 13.7. The van der Waals surface area contributed by atoms with Crippen LogP contribution in [0.15, 0.2) is 29.2 Å². The molecule has 0 aliphatic heterocycles. The van der Waals surface area contributed by atoms with Gasteiger partial charge in [-0.25, -0.2) is 13.2 Å². The Hall–Kier alpha value is -1.40. The first-order valence-electron chi connectivity index (χ1n) is 6.98. The Morgan fingerprint density at radius 3 is 2.00 bits per heavy atom. The first-order chi connectivity index (χ1) is 9.66. The Kier molecular flexibility index (Phi) is 5.92. The third-order valence-corrected chi connectivity index (χ3v) is 4.76. The van der Waals surface area contributed by atoms with Gasteiger partial charge in [0.15, 0.2) is 0 Å². The molecule has 0 saturated heterocycles. The molecule has 1 aromatic carbocycles. The summed E-state index contributed by atoms with van der Waals surface area (Å²) in [5.74, 6) is -0.908. The lowest BCUT2D eigenvalue weighted by atomic mass is 10.2. The summed E-state index contributed by atoms with van der Waals surface area (Å²) >= 11 is 0. The highest BCUT2D eigenvalue weighted by Crippen LogP contribution is 2.22. The Balaban J connectivity index is 3.32. The van der Waals surface area contributed by atoms with Crippen molar-refractivity contribution < 1.29 is 18.3 Å². The van der Waals surface area contributed by atoms with Crippen molar-refractivity contribution in [1.82, 2.24) is 4.31 Å². The fraction of sp³-hybridized carbons (Fsp3) is 0.533. The van der Waals surface area contributed by atoms with E-state index < -0.39 is 16.0 Å². The SMILES string of the molecule is CC(C)CN(CC(C)C)S(=O)(=O)c1ccccc1C(=O)O. The molecule has 0 aliphatic rings. The maximum absolute atomic E-state index is 12.8. The van der Waals surface area contributed by atoms with Crippen molar-refractivity contribution in [2.45, 2.75) is 32.6 Å². The van der Waals surface area contributed by atoms with Crippen LogP contribution in [0.3, 0.4) is 0 Å². The lowest BCUT2D eigenvalue weighted by Gasteiger charge is -2.26. The summed E-state index contributed by atoms with van der Waals surface area (Å²) < 4.78 is 27.0. The number of benzene rings is 1. The number of aromatic carboxylic acids is 1. The van der Waals surface area contributed by atoms with Gasteiger partial charge < -0.3 is 5.11 Å². The monoisotopic (exact) mass is 313 g/mol. The van der Waals surface area contributed by atoms with Gasteiger partial charge in [0.25, 0.3) is 0 Å². The molecule has 21 heavy (non-hydrogen) atoms. The van der Waals surface area contributed by atoms with Crippen LogP contribution in [0.2, 0.25) is 0 Å². The predicted molar refractivity (Wildman–Crippen MR) is 81.8 cm³/mol. The largest absolute Gasteiger partial charge is 0.478 e. The molecule has 0 amide bonds. The highest BCUT2D eigenvalue weighted by Gasteiger charge is 2.29. The number of rotatable bonds is 7. The van der Waals surface area contributed by atoms with Gasteiger partial charge in [0.05, 0.1) is 10.5 Å². The molecule has 1 aromatic rings. The molecule has 6 heteroatoms. The molecule has 0 atom stereocenters. The Bertz CT molecular complexity index is 583. The maximum Gasteiger partial charge on any atom is 0.337 e. The summed E-state index contributed by atoms with van der Waals surface area (Å²) in [5, 5.41) is 9.19.